The van der Waals surface area contributed by atoms with Crippen molar-refractivity contribution in [1.29, 1.82) is 0 Å². The van der Waals surface area contributed by atoms with Crippen molar-refractivity contribution in [1.82, 2.24) is 10.1 Å². The fourth-order valence-electron chi connectivity index (χ4n) is 2.15. The van der Waals surface area contributed by atoms with E-state index in [1.54, 1.807) is 13.2 Å². The quantitative estimate of drug-likeness (QED) is 0.691. The third-order valence-electron chi connectivity index (χ3n) is 3.31. The molecule has 0 unspecified atom stereocenters. The number of ether oxygens (including phenoxy) is 1. The molecule has 0 saturated heterocycles. The van der Waals surface area contributed by atoms with Crippen molar-refractivity contribution >= 4 is 22.7 Å². The Bertz CT molecular complexity index is 838. The Morgan fingerprint density at radius 1 is 1.17 bits per heavy atom. The van der Waals surface area contributed by atoms with Crippen molar-refractivity contribution in [3.8, 4) is 17.1 Å². The predicted molar refractivity (Wildman–Crippen MR) is 91.2 cm³/mol. The lowest BCUT2D eigenvalue weighted by molar-refractivity contribution is 0.410. The van der Waals surface area contributed by atoms with Crippen LogP contribution in [0.4, 0.5) is 0 Å². The highest BCUT2D eigenvalue weighted by molar-refractivity contribution is 6.50. The van der Waals surface area contributed by atoms with Crippen molar-refractivity contribution in [2.75, 3.05) is 7.11 Å². The minimum absolute atomic E-state index is 0.291. The first-order valence-corrected chi connectivity index (χ1v) is 7.46. The number of methoxy groups -OCH3 is 1. The maximum Gasteiger partial charge on any atom is 0.269 e. The Kier molecular flexibility index (Phi) is 4.44. The van der Waals surface area contributed by atoms with E-state index in [1.165, 1.54) is 0 Å². The normalized spacial score (nSPS) is 11.5. The van der Waals surface area contributed by atoms with E-state index in [0.717, 1.165) is 22.4 Å². The standard InChI is InChI=1S/C18H15ClN2O2/c1-12-4-3-5-13(10-12)11-16(19)18-20-17(21-23-18)14-6-8-15(22-2)9-7-14/h3-11H,1-2H3/b16-11-. The lowest BCUT2D eigenvalue weighted by atomic mass is 10.1. The minimum Gasteiger partial charge on any atom is -0.497 e. The van der Waals surface area contributed by atoms with E-state index in [-0.39, 0.29) is 0 Å². The average molecular weight is 327 g/mol. The third kappa shape index (κ3) is 3.60. The van der Waals surface area contributed by atoms with Gasteiger partial charge >= 0.3 is 0 Å². The van der Waals surface area contributed by atoms with Crippen LogP contribution in [-0.4, -0.2) is 17.3 Å². The summed E-state index contributed by atoms with van der Waals surface area (Å²) in [5.41, 5.74) is 2.98. The van der Waals surface area contributed by atoms with Gasteiger partial charge in [0.15, 0.2) is 0 Å². The molecule has 0 aliphatic rings. The van der Waals surface area contributed by atoms with Gasteiger partial charge in [-0.2, -0.15) is 4.98 Å². The van der Waals surface area contributed by atoms with Gasteiger partial charge in [0.1, 0.15) is 10.8 Å². The highest BCUT2D eigenvalue weighted by Crippen LogP contribution is 2.25. The average Bonchev–Trinajstić information content (AvgIpc) is 3.05. The van der Waals surface area contributed by atoms with E-state index in [2.05, 4.69) is 10.1 Å². The Morgan fingerprint density at radius 2 is 1.96 bits per heavy atom. The van der Waals surface area contributed by atoms with E-state index in [0.29, 0.717) is 16.7 Å². The molecule has 5 heteroatoms. The Hall–Kier alpha value is -2.59. The zero-order chi connectivity index (χ0) is 16.2. The van der Waals surface area contributed by atoms with Gasteiger partial charge in [0.05, 0.1) is 7.11 Å². The molecule has 3 aromatic rings. The van der Waals surface area contributed by atoms with Gasteiger partial charge in [-0.15, -0.1) is 0 Å². The van der Waals surface area contributed by atoms with Crippen LogP contribution in [0, 0.1) is 6.92 Å². The number of aromatic nitrogens is 2. The number of halogens is 1. The van der Waals surface area contributed by atoms with Crippen molar-refractivity contribution in [2.45, 2.75) is 6.92 Å². The first-order valence-electron chi connectivity index (χ1n) is 7.08. The van der Waals surface area contributed by atoms with Gasteiger partial charge in [-0.25, -0.2) is 0 Å². The highest BCUT2D eigenvalue weighted by atomic mass is 35.5. The molecule has 0 aliphatic carbocycles. The number of nitrogens with zero attached hydrogens (tertiary/aromatic N) is 2. The summed E-state index contributed by atoms with van der Waals surface area (Å²) in [6, 6.07) is 15.4. The molecule has 0 fully saturated rings. The van der Waals surface area contributed by atoms with Crippen molar-refractivity contribution in [3.05, 3.63) is 65.5 Å². The molecule has 0 saturated carbocycles. The molecule has 23 heavy (non-hydrogen) atoms. The van der Waals surface area contributed by atoms with E-state index >= 15 is 0 Å². The number of hydrogen-bond donors (Lipinski definition) is 0. The Balaban J connectivity index is 1.85. The van der Waals surface area contributed by atoms with Crippen LogP contribution in [0.1, 0.15) is 17.0 Å². The summed E-state index contributed by atoms with van der Waals surface area (Å²) in [5, 5.41) is 4.38. The number of aryl methyl sites for hydroxylation is 1. The molecular weight excluding hydrogens is 312 g/mol. The second-order valence-electron chi connectivity index (χ2n) is 5.06. The van der Waals surface area contributed by atoms with Crippen LogP contribution in [0.15, 0.2) is 53.1 Å². The lowest BCUT2D eigenvalue weighted by Gasteiger charge is -1.99. The summed E-state index contributed by atoms with van der Waals surface area (Å²) in [6.07, 6.45) is 1.81. The van der Waals surface area contributed by atoms with Crippen molar-refractivity contribution < 1.29 is 9.26 Å². The molecule has 4 nitrogen and oxygen atoms in total. The lowest BCUT2D eigenvalue weighted by Crippen LogP contribution is -1.84. The van der Waals surface area contributed by atoms with Crippen LogP contribution in [-0.2, 0) is 0 Å². The van der Waals surface area contributed by atoms with Gasteiger partial charge < -0.3 is 9.26 Å². The molecule has 0 N–H and O–H groups in total. The number of hydrogen-bond acceptors (Lipinski definition) is 4. The SMILES string of the molecule is COc1ccc(-c2noc(/C(Cl)=C/c3cccc(C)c3)n2)cc1. The fraction of sp³-hybridized carbons (Fsp3) is 0.111. The predicted octanol–water partition coefficient (Wildman–Crippen LogP) is 4.79. The van der Waals surface area contributed by atoms with Gasteiger partial charge in [0.25, 0.3) is 5.89 Å². The van der Waals surface area contributed by atoms with E-state index < -0.39 is 0 Å². The molecule has 116 valence electrons. The molecule has 0 spiro atoms. The monoisotopic (exact) mass is 326 g/mol. The summed E-state index contributed by atoms with van der Waals surface area (Å²) in [4.78, 5) is 4.34. The zero-order valence-corrected chi connectivity index (χ0v) is 13.5. The molecule has 2 aromatic carbocycles. The van der Waals surface area contributed by atoms with Gasteiger partial charge in [-0.05, 0) is 42.8 Å². The first-order chi connectivity index (χ1) is 11.2. The molecule has 3 rings (SSSR count). The maximum absolute atomic E-state index is 6.29. The number of benzene rings is 2. The molecule has 1 aromatic heterocycles. The van der Waals surface area contributed by atoms with Crippen LogP contribution in [0.5, 0.6) is 5.75 Å². The van der Waals surface area contributed by atoms with Gasteiger partial charge in [0, 0.05) is 5.56 Å². The molecule has 0 bridgehead atoms. The topological polar surface area (TPSA) is 48.2 Å². The van der Waals surface area contributed by atoms with Crippen LogP contribution < -0.4 is 4.74 Å². The van der Waals surface area contributed by atoms with Gasteiger partial charge in [0.2, 0.25) is 5.82 Å². The first kappa shape index (κ1) is 15.3. The molecule has 0 atom stereocenters. The molecule has 0 radical (unpaired) electrons. The second kappa shape index (κ2) is 6.67. The summed E-state index contributed by atoms with van der Waals surface area (Å²) in [6.45, 7) is 2.03. The minimum atomic E-state index is 0.291. The van der Waals surface area contributed by atoms with Crippen LogP contribution in [0.2, 0.25) is 0 Å². The molecular formula is C18H15ClN2O2. The van der Waals surface area contributed by atoms with Crippen molar-refractivity contribution in [2.24, 2.45) is 0 Å². The van der Waals surface area contributed by atoms with Gasteiger partial charge in [-0.1, -0.05) is 46.6 Å². The van der Waals surface area contributed by atoms with Crippen LogP contribution in [0.3, 0.4) is 0 Å². The largest absolute Gasteiger partial charge is 0.497 e. The molecule has 0 amide bonds. The fourth-order valence-corrected chi connectivity index (χ4v) is 2.35. The Morgan fingerprint density at radius 3 is 2.65 bits per heavy atom. The summed E-state index contributed by atoms with van der Waals surface area (Å²) in [5.74, 6) is 1.55. The summed E-state index contributed by atoms with van der Waals surface area (Å²) >= 11 is 6.29. The maximum atomic E-state index is 6.29. The summed E-state index contributed by atoms with van der Waals surface area (Å²) < 4.78 is 10.4. The highest BCUT2D eigenvalue weighted by Gasteiger charge is 2.11. The Labute approximate surface area is 139 Å². The van der Waals surface area contributed by atoms with Crippen LogP contribution in [0.25, 0.3) is 22.5 Å². The third-order valence-corrected chi connectivity index (χ3v) is 3.58. The van der Waals surface area contributed by atoms with Crippen LogP contribution >= 0.6 is 11.6 Å². The van der Waals surface area contributed by atoms with E-state index in [1.807, 2.05) is 55.5 Å². The van der Waals surface area contributed by atoms with E-state index in [9.17, 15) is 0 Å². The van der Waals surface area contributed by atoms with Gasteiger partial charge in [-0.3, -0.25) is 0 Å². The second-order valence-corrected chi connectivity index (χ2v) is 5.47. The molecule has 1 heterocycles. The van der Waals surface area contributed by atoms with E-state index in [4.69, 9.17) is 20.9 Å². The zero-order valence-electron chi connectivity index (χ0n) is 12.8. The number of rotatable bonds is 4. The molecule has 0 aliphatic heterocycles. The smallest absolute Gasteiger partial charge is 0.269 e. The summed E-state index contributed by atoms with van der Waals surface area (Å²) in [7, 11) is 1.62. The van der Waals surface area contributed by atoms with Crippen molar-refractivity contribution in [3.63, 3.8) is 0 Å².